The Morgan fingerprint density at radius 1 is 1.18 bits per heavy atom. The normalized spacial score (nSPS) is 13.4. The van der Waals surface area contributed by atoms with E-state index in [2.05, 4.69) is 6.92 Å². The highest BCUT2D eigenvalue weighted by molar-refractivity contribution is 6.20. The van der Waals surface area contributed by atoms with E-state index in [4.69, 9.17) is 17.3 Å². The number of hydrogen-bond acceptors (Lipinski definition) is 1. The first-order valence-corrected chi connectivity index (χ1v) is 5.09. The zero-order valence-corrected chi connectivity index (χ0v) is 8.24. The monoisotopic (exact) mass is 177 g/mol. The molecule has 1 atom stereocenters. The van der Waals surface area contributed by atoms with E-state index in [9.17, 15) is 0 Å². The van der Waals surface area contributed by atoms with Gasteiger partial charge in [0.25, 0.3) is 0 Å². The van der Waals surface area contributed by atoms with E-state index < -0.39 is 0 Å². The summed E-state index contributed by atoms with van der Waals surface area (Å²) in [5, 5.41) is 0.205. The van der Waals surface area contributed by atoms with E-state index in [-0.39, 0.29) is 5.38 Å². The summed E-state index contributed by atoms with van der Waals surface area (Å²) in [5.74, 6) is 0. The summed E-state index contributed by atoms with van der Waals surface area (Å²) < 4.78 is 0. The fourth-order valence-corrected chi connectivity index (χ4v) is 1.24. The molecule has 0 fully saturated rings. The number of alkyl halides is 1. The minimum atomic E-state index is 0.205. The van der Waals surface area contributed by atoms with Gasteiger partial charge in [-0.1, -0.05) is 39.0 Å². The molecule has 68 valence electrons. The molecule has 0 saturated carbocycles. The summed E-state index contributed by atoms with van der Waals surface area (Å²) in [4.78, 5) is 0. The average Bonchev–Trinajstić information content (AvgIpc) is 2.04. The van der Waals surface area contributed by atoms with Crippen molar-refractivity contribution in [3.8, 4) is 0 Å². The molecule has 0 spiro atoms. The summed E-state index contributed by atoms with van der Waals surface area (Å²) in [6.45, 7) is 2.85. The molecule has 0 aromatic heterocycles. The van der Waals surface area contributed by atoms with Gasteiger partial charge in [0, 0.05) is 11.9 Å². The summed E-state index contributed by atoms with van der Waals surface area (Å²) in [6.07, 6.45) is 7.66. The average molecular weight is 178 g/mol. The van der Waals surface area contributed by atoms with Crippen LogP contribution in [0.25, 0.3) is 0 Å². The van der Waals surface area contributed by atoms with Crippen molar-refractivity contribution < 1.29 is 0 Å². The zero-order valence-electron chi connectivity index (χ0n) is 7.48. The standard InChI is InChI=1S/C9H20ClN/c1-2-3-4-5-6-7-9(10)8-11/h9H,2-8,11H2,1H3. The zero-order chi connectivity index (χ0) is 8.53. The molecule has 0 rings (SSSR count). The Kier molecular flexibility index (Phi) is 8.54. The maximum absolute atomic E-state index is 5.85. The molecule has 0 amide bonds. The first kappa shape index (κ1) is 11.2. The quantitative estimate of drug-likeness (QED) is 0.470. The third kappa shape index (κ3) is 8.15. The molecule has 0 heterocycles. The van der Waals surface area contributed by atoms with Gasteiger partial charge < -0.3 is 5.73 Å². The lowest BCUT2D eigenvalue weighted by atomic mass is 10.1. The SMILES string of the molecule is CCCCCCCC(Cl)CN. The van der Waals surface area contributed by atoms with Crippen LogP contribution in [0.2, 0.25) is 0 Å². The van der Waals surface area contributed by atoms with Crippen molar-refractivity contribution in [1.29, 1.82) is 0 Å². The minimum Gasteiger partial charge on any atom is -0.329 e. The topological polar surface area (TPSA) is 26.0 Å². The lowest BCUT2D eigenvalue weighted by molar-refractivity contribution is 0.596. The highest BCUT2D eigenvalue weighted by Gasteiger charge is 1.99. The van der Waals surface area contributed by atoms with Crippen LogP contribution in [0.3, 0.4) is 0 Å². The van der Waals surface area contributed by atoms with Gasteiger partial charge >= 0.3 is 0 Å². The maximum Gasteiger partial charge on any atom is 0.0458 e. The van der Waals surface area contributed by atoms with Crippen molar-refractivity contribution in [2.45, 2.75) is 50.8 Å². The molecule has 1 unspecified atom stereocenters. The minimum absolute atomic E-state index is 0.205. The van der Waals surface area contributed by atoms with Crippen LogP contribution < -0.4 is 5.73 Å². The van der Waals surface area contributed by atoms with Gasteiger partial charge in [0.15, 0.2) is 0 Å². The molecule has 2 N–H and O–H groups in total. The Morgan fingerprint density at radius 3 is 2.36 bits per heavy atom. The van der Waals surface area contributed by atoms with Gasteiger partial charge in [-0.25, -0.2) is 0 Å². The molecule has 2 heteroatoms. The van der Waals surface area contributed by atoms with Crippen molar-refractivity contribution in [1.82, 2.24) is 0 Å². The smallest absolute Gasteiger partial charge is 0.0458 e. The van der Waals surface area contributed by atoms with Crippen LogP contribution in [0.1, 0.15) is 45.4 Å². The lowest BCUT2D eigenvalue weighted by Gasteiger charge is -2.04. The van der Waals surface area contributed by atoms with Crippen LogP contribution in [-0.2, 0) is 0 Å². The third-order valence-corrected chi connectivity index (χ3v) is 2.27. The van der Waals surface area contributed by atoms with E-state index in [0.29, 0.717) is 6.54 Å². The summed E-state index contributed by atoms with van der Waals surface area (Å²) in [6, 6.07) is 0. The van der Waals surface area contributed by atoms with Gasteiger partial charge in [-0.3, -0.25) is 0 Å². The van der Waals surface area contributed by atoms with E-state index >= 15 is 0 Å². The molecule has 0 aliphatic carbocycles. The molecular formula is C9H20ClN. The second kappa shape index (κ2) is 8.35. The summed E-state index contributed by atoms with van der Waals surface area (Å²) >= 11 is 5.85. The molecule has 11 heavy (non-hydrogen) atoms. The molecule has 0 saturated heterocycles. The predicted octanol–water partition coefficient (Wildman–Crippen LogP) is 2.91. The van der Waals surface area contributed by atoms with E-state index in [1.807, 2.05) is 0 Å². The third-order valence-electron chi connectivity index (χ3n) is 1.88. The number of unbranched alkanes of at least 4 members (excludes halogenated alkanes) is 4. The fraction of sp³-hybridized carbons (Fsp3) is 1.00. The second-order valence-electron chi connectivity index (χ2n) is 3.04. The fourth-order valence-electron chi connectivity index (χ4n) is 1.09. The van der Waals surface area contributed by atoms with Crippen LogP contribution in [-0.4, -0.2) is 11.9 Å². The largest absolute Gasteiger partial charge is 0.329 e. The van der Waals surface area contributed by atoms with Crippen LogP contribution >= 0.6 is 11.6 Å². The molecule has 0 aliphatic heterocycles. The van der Waals surface area contributed by atoms with Gasteiger partial charge in [-0.2, -0.15) is 0 Å². The first-order chi connectivity index (χ1) is 5.31. The van der Waals surface area contributed by atoms with E-state index in [0.717, 1.165) is 6.42 Å². The number of rotatable bonds is 7. The Bertz CT molecular complexity index is 76.0. The predicted molar refractivity (Wildman–Crippen MR) is 52.1 cm³/mol. The highest BCUT2D eigenvalue weighted by atomic mass is 35.5. The van der Waals surface area contributed by atoms with Gasteiger partial charge in [-0.15, -0.1) is 11.6 Å². The van der Waals surface area contributed by atoms with Crippen molar-refractivity contribution >= 4 is 11.6 Å². The van der Waals surface area contributed by atoms with Crippen LogP contribution in [0.15, 0.2) is 0 Å². The van der Waals surface area contributed by atoms with E-state index in [1.165, 1.54) is 32.1 Å². The maximum atomic E-state index is 5.85. The second-order valence-corrected chi connectivity index (χ2v) is 3.65. The van der Waals surface area contributed by atoms with Crippen molar-refractivity contribution in [3.05, 3.63) is 0 Å². The molecular weight excluding hydrogens is 158 g/mol. The highest BCUT2D eigenvalue weighted by Crippen LogP contribution is 2.09. The van der Waals surface area contributed by atoms with Gasteiger partial charge in [0.05, 0.1) is 0 Å². The van der Waals surface area contributed by atoms with Crippen LogP contribution in [0, 0.1) is 0 Å². The number of hydrogen-bond donors (Lipinski definition) is 1. The summed E-state index contributed by atoms with van der Waals surface area (Å²) in [7, 11) is 0. The Labute approximate surface area is 75.3 Å². The summed E-state index contributed by atoms with van der Waals surface area (Å²) in [5.41, 5.74) is 5.38. The molecule has 0 bridgehead atoms. The number of halogens is 1. The molecule has 0 aromatic carbocycles. The van der Waals surface area contributed by atoms with Crippen molar-refractivity contribution in [2.75, 3.05) is 6.54 Å². The van der Waals surface area contributed by atoms with Crippen molar-refractivity contribution in [2.24, 2.45) is 5.73 Å². The number of nitrogens with two attached hydrogens (primary N) is 1. The Balaban J connectivity index is 2.89. The van der Waals surface area contributed by atoms with Gasteiger partial charge in [-0.05, 0) is 6.42 Å². The van der Waals surface area contributed by atoms with E-state index in [1.54, 1.807) is 0 Å². The molecule has 0 aromatic rings. The van der Waals surface area contributed by atoms with Crippen molar-refractivity contribution in [3.63, 3.8) is 0 Å². The van der Waals surface area contributed by atoms with Crippen LogP contribution in [0.4, 0.5) is 0 Å². The first-order valence-electron chi connectivity index (χ1n) is 4.65. The Hall–Kier alpha value is 0.250. The molecule has 1 nitrogen and oxygen atoms in total. The van der Waals surface area contributed by atoms with Gasteiger partial charge in [0.1, 0.15) is 0 Å². The lowest BCUT2D eigenvalue weighted by Crippen LogP contribution is -2.13. The van der Waals surface area contributed by atoms with Gasteiger partial charge in [0.2, 0.25) is 0 Å². The van der Waals surface area contributed by atoms with Crippen LogP contribution in [0.5, 0.6) is 0 Å². The molecule has 0 aliphatic rings. The molecule has 0 radical (unpaired) electrons. The Morgan fingerprint density at radius 2 is 1.82 bits per heavy atom.